The van der Waals surface area contributed by atoms with Gasteiger partial charge in [0, 0.05) is 29.9 Å². The number of amides is 2. The van der Waals surface area contributed by atoms with Gasteiger partial charge in [-0.15, -0.1) is 0 Å². The third-order valence-corrected chi connectivity index (χ3v) is 6.32. The van der Waals surface area contributed by atoms with E-state index in [1.807, 2.05) is 0 Å². The number of benzene rings is 2. The van der Waals surface area contributed by atoms with E-state index in [4.69, 9.17) is 11.6 Å². The third kappa shape index (κ3) is 6.58. The second kappa shape index (κ2) is 11.3. The SMILES string of the molecule is CCCCCn1c(SC(C)C(=O)Nc2ccc(NC(C)=O)cc2)nc2cc(Cl)ccc2c1=O. The number of fused-ring (bicyclic) bond motifs is 1. The van der Waals surface area contributed by atoms with E-state index in [1.165, 1.54) is 18.7 Å². The number of carbonyl (C=O) groups is 2. The molecule has 0 aliphatic heterocycles. The molecule has 1 aromatic heterocycles. The van der Waals surface area contributed by atoms with Crippen LogP contribution >= 0.6 is 23.4 Å². The molecule has 9 heteroatoms. The van der Waals surface area contributed by atoms with E-state index in [9.17, 15) is 14.4 Å². The van der Waals surface area contributed by atoms with Crippen molar-refractivity contribution in [1.82, 2.24) is 9.55 Å². The van der Waals surface area contributed by atoms with Crippen molar-refractivity contribution in [3.8, 4) is 0 Å². The van der Waals surface area contributed by atoms with Gasteiger partial charge in [-0.3, -0.25) is 19.0 Å². The number of thioether (sulfide) groups is 1. The second-order valence-electron chi connectivity index (χ2n) is 7.73. The summed E-state index contributed by atoms with van der Waals surface area (Å²) in [6, 6.07) is 11.9. The standard InChI is InChI=1S/C24H27ClN4O3S/c1-4-5-6-13-29-23(32)20-12-7-17(25)14-21(20)28-24(29)33-15(2)22(31)27-19-10-8-18(9-11-19)26-16(3)30/h7-12,14-15H,4-6,13H2,1-3H3,(H,26,30)(H,27,31). The Morgan fingerprint density at radius 1 is 1.09 bits per heavy atom. The highest BCUT2D eigenvalue weighted by Gasteiger charge is 2.20. The first kappa shape index (κ1) is 24.8. The van der Waals surface area contributed by atoms with Crippen molar-refractivity contribution in [1.29, 1.82) is 0 Å². The van der Waals surface area contributed by atoms with Crippen LogP contribution < -0.4 is 16.2 Å². The predicted molar refractivity (Wildman–Crippen MR) is 135 cm³/mol. The molecule has 0 aliphatic carbocycles. The van der Waals surface area contributed by atoms with E-state index < -0.39 is 5.25 Å². The molecule has 7 nitrogen and oxygen atoms in total. The number of nitrogens with one attached hydrogen (secondary N) is 2. The summed E-state index contributed by atoms with van der Waals surface area (Å²) in [7, 11) is 0. The van der Waals surface area contributed by atoms with E-state index in [0.717, 1.165) is 19.3 Å². The Kier molecular flexibility index (Phi) is 8.52. The lowest BCUT2D eigenvalue weighted by Crippen LogP contribution is -2.27. The molecule has 0 spiro atoms. The molecule has 0 radical (unpaired) electrons. The summed E-state index contributed by atoms with van der Waals surface area (Å²) >= 11 is 7.35. The van der Waals surface area contributed by atoms with Crippen molar-refractivity contribution >= 4 is 57.5 Å². The molecule has 2 N–H and O–H groups in total. The van der Waals surface area contributed by atoms with Gasteiger partial charge in [-0.1, -0.05) is 43.1 Å². The van der Waals surface area contributed by atoms with E-state index >= 15 is 0 Å². The van der Waals surface area contributed by atoms with Gasteiger partial charge in [0.2, 0.25) is 11.8 Å². The first-order valence-electron chi connectivity index (χ1n) is 10.8. The van der Waals surface area contributed by atoms with Crippen molar-refractivity contribution in [2.75, 3.05) is 10.6 Å². The first-order chi connectivity index (χ1) is 15.8. The molecular formula is C24H27ClN4O3S. The molecule has 174 valence electrons. The Labute approximate surface area is 201 Å². The summed E-state index contributed by atoms with van der Waals surface area (Å²) in [5, 5.41) is 6.56. The zero-order valence-electron chi connectivity index (χ0n) is 18.9. The lowest BCUT2D eigenvalue weighted by Gasteiger charge is -2.16. The minimum absolute atomic E-state index is 0.128. The Hall–Kier alpha value is -2.84. The topological polar surface area (TPSA) is 93.1 Å². The summed E-state index contributed by atoms with van der Waals surface area (Å²) in [5.74, 6) is -0.376. The van der Waals surface area contributed by atoms with Crippen LogP contribution in [0.25, 0.3) is 10.9 Å². The highest BCUT2D eigenvalue weighted by atomic mass is 35.5. The summed E-state index contributed by atoms with van der Waals surface area (Å²) in [5.41, 5.74) is 1.65. The molecule has 1 heterocycles. The fraction of sp³-hybridized carbons (Fsp3) is 0.333. The van der Waals surface area contributed by atoms with Crippen LogP contribution in [0.15, 0.2) is 52.4 Å². The smallest absolute Gasteiger partial charge is 0.262 e. The van der Waals surface area contributed by atoms with E-state index in [2.05, 4.69) is 22.5 Å². The quantitative estimate of drug-likeness (QED) is 0.242. The van der Waals surface area contributed by atoms with Crippen molar-refractivity contribution < 1.29 is 9.59 Å². The number of rotatable bonds is 9. The van der Waals surface area contributed by atoms with Crippen LogP contribution in [-0.4, -0.2) is 26.6 Å². The summed E-state index contributed by atoms with van der Waals surface area (Å²) in [6.45, 7) is 5.86. The highest BCUT2D eigenvalue weighted by Crippen LogP contribution is 2.25. The van der Waals surface area contributed by atoms with Crippen molar-refractivity contribution in [3.63, 3.8) is 0 Å². The third-order valence-electron chi connectivity index (χ3n) is 4.99. The van der Waals surface area contributed by atoms with Crippen molar-refractivity contribution in [2.45, 2.75) is 57.0 Å². The van der Waals surface area contributed by atoms with E-state index in [0.29, 0.717) is 39.0 Å². The van der Waals surface area contributed by atoms with Crippen LogP contribution in [0.3, 0.4) is 0 Å². The maximum atomic E-state index is 13.1. The van der Waals surface area contributed by atoms with Gasteiger partial charge in [-0.05, 0) is 55.8 Å². The van der Waals surface area contributed by atoms with Gasteiger partial charge < -0.3 is 10.6 Å². The summed E-state index contributed by atoms with van der Waals surface area (Å²) < 4.78 is 1.66. The number of nitrogens with zero attached hydrogens (tertiary/aromatic N) is 2. The molecule has 1 unspecified atom stereocenters. The number of anilines is 2. The Balaban J connectivity index is 1.81. The van der Waals surface area contributed by atoms with Crippen LogP contribution in [0, 0.1) is 0 Å². The summed E-state index contributed by atoms with van der Waals surface area (Å²) in [6.07, 6.45) is 2.89. The van der Waals surface area contributed by atoms with Crippen LogP contribution in [-0.2, 0) is 16.1 Å². The van der Waals surface area contributed by atoms with E-state index in [-0.39, 0.29) is 17.4 Å². The molecule has 0 saturated carbocycles. The molecule has 3 rings (SSSR count). The molecule has 2 amide bonds. The minimum Gasteiger partial charge on any atom is -0.326 e. The Bertz CT molecular complexity index is 1210. The number of carbonyl (C=O) groups excluding carboxylic acids is 2. The fourth-order valence-electron chi connectivity index (χ4n) is 3.28. The normalized spacial score (nSPS) is 11.9. The van der Waals surface area contributed by atoms with Gasteiger partial charge in [0.05, 0.1) is 16.2 Å². The van der Waals surface area contributed by atoms with Gasteiger partial charge in [0.25, 0.3) is 5.56 Å². The predicted octanol–water partition coefficient (Wildman–Crippen LogP) is 5.32. The average Bonchev–Trinajstić information content (AvgIpc) is 2.76. The fourth-order valence-corrected chi connectivity index (χ4v) is 4.38. The number of unbranched alkanes of at least 4 members (excludes halogenated alkanes) is 2. The minimum atomic E-state index is -0.499. The van der Waals surface area contributed by atoms with Gasteiger partial charge in [-0.25, -0.2) is 4.98 Å². The van der Waals surface area contributed by atoms with Crippen LogP contribution in [0.4, 0.5) is 11.4 Å². The number of hydrogen-bond acceptors (Lipinski definition) is 5. The van der Waals surface area contributed by atoms with Gasteiger partial charge >= 0.3 is 0 Å². The molecule has 2 aromatic carbocycles. The zero-order valence-corrected chi connectivity index (χ0v) is 20.4. The van der Waals surface area contributed by atoms with Gasteiger partial charge in [0.15, 0.2) is 5.16 Å². The summed E-state index contributed by atoms with van der Waals surface area (Å²) in [4.78, 5) is 41.8. The van der Waals surface area contributed by atoms with Crippen LogP contribution in [0.1, 0.15) is 40.0 Å². The molecular weight excluding hydrogens is 460 g/mol. The Morgan fingerprint density at radius 3 is 2.39 bits per heavy atom. The first-order valence-corrected chi connectivity index (χ1v) is 12.1. The Morgan fingerprint density at radius 2 is 1.76 bits per heavy atom. The maximum Gasteiger partial charge on any atom is 0.262 e. The van der Waals surface area contributed by atoms with Crippen LogP contribution in [0.2, 0.25) is 5.02 Å². The van der Waals surface area contributed by atoms with Gasteiger partial charge in [0.1, 0.15) is 0 Å². The molecule has 0 saturated heterocycles. The lowest BCUT2D eigenvalue weighted by atomic mass is 10.2. The molecule has 33 heavy (non-hydrogen) atoms. The number of halogens is 1. The van der Waals surface area contributed by atoms with E-state index in [1.54, 1.807) is 54.0 Å². The molecule has 1 atom stereocenters. The molecule has 0 aliphatic rings. The molecule has 3 aromatic rings. The van der Waals surface area contributed by atoms with Gasteiger partial charge in [-0.2, -0.15) is 0 Å². The zero-order chi connectivity index (χ0) is 24.0. The maximum absolute atomic E-state index is 13.1. The molecule has 0 fully saturated rings. The van der Waals surface area contributed by atoms with Crippen LogP contribution in [0.5, 0.6) is 0 Å². The number of aromatic nitrogens is 2. The number of hydrogen-bond donors (Lipinski definition) is 2. The van der Waals surface area contributed by atoms with Crippen molar-refractivity contribution in [3.05, 3.63) is 57.8 Å². The lowest BCUT2D eigenvalue weighted by molar-refractivity contribution is -0.115. The average molecular weight is 487 g/mol. The van der Waals surface area contributed by atoms with Crippen molar-refractivity contribution in [2.24, 2.45) is 0 Å². The molecule has 0 bridgehead atoms. The second-order valence-corrected chi connectivity index (χ2v) is 9.47. The largest absolute Gasteiger partial charge is 0.326 e. The highest BCUT2D eigenvalue weighted by molar-refractivity contribution is 8.00. The monoisotopic (exact) mass is 486 g/mol.